The van der Waals surface area contributed by atoms with Gasteiger partial charge in [0.15, 0.2) is 18.6 Å². The summed E-state index contributed by atoms with van der Waals surface area (Å²) in [5.41, 5.74) is 5.98. The Morgan fingerprint density at radius 1 is 0.516 bits per heavy atom. The molecule has 0 radical (unpaired) electrons. The molecule has 0 aromatic carbocycles. The zero-order valence-corrected chi connectivity index (χ0v) is 40.0. The lowest BCUT2D eigenvalue weighted by Gasteiger charge is -2.25. The van der Waals surface area contributed by atoms with Crippen molar-refractivity contribution in [2.24, 2.45) is 5.73 Å². The summed E-state index contributed by atoms with van der Waals surface area (Å²) in [5.74, 6) is -1.83. The van der Waals surface area contributed by atoms with Gasteiger partial charge < -0.3 is 44.7 Å². The minimum absolute atomic E-state index is 0.0441. The second-order valence-corrected chi connectivity index (χ2v) is 18.6. The Morgan fingerprint density at radius 2 is 0.952 bits per heavy atom. The molecule has 18 nitrogen and oxygen atoms in total. The maximum absolute atomic E-state index is 12.8. The van der Waals surface area contributed by atoms with Crippen molar-refractivity contribution in [3.05, 3.63) is 0 Å². The number of nitrogens with two attached hydrogens (primary N) is 1. The van der Waals surface area contributed by atoms with Gasteiger partial charge in [0, 0.05) is 19.3 Å². The summed E-state index contributed by atoms with van der Waals surface area (Å²) < 4.78 is 66.5. The van der Waals surface area contributed by atoms with Gasteiger partial charge in [-0.1, -0.05) is 137 Å². The SMILES string of the molecule is CCCCCCCCCCCCC(=O)O[C@H](COC(=O)CCCC)[C@@H](N)OP(=O)(O)OC[C@@H](O)COP(=O)(O)OC[C@@H](COC(O)CCCCCC)OC(=O)CCCCCCC. The number of esters is 3. The maximum atomic E-state index is 12.8. The number of carbonyl (C=O) groups excluding carboxylic acids is 3. The summed E-state index contributed by atoms with van der Waals surface area (Å²) in [4.78, 5) is 58.0. The quantitative estimate of drug-likeness (QED) is 0.0126. The molecule has 0 amide bonds. The van der Waals surface area contributed by atoms with E-state index in [4.69, 9.17) is 42.8 Å². The Hall–Kier alpha value is -1.53. The summed E-state index contributed by atoms with van der Waals surface area (Å²) in [5, 5.41) is 20.6. The van der Waals surface area contributed by atoms with Crippen LogP contribution in [0.1, 0.15) is 188 Å². The standard InChI is InChI=1S/C42H83NO17P2/c1-5-9-13-16-17-18-19-20-22-25-29-41(48)59-37(34-54-38(45)26-12-8-4)42(43)60-62(51,52)56-31-35(44)30-55-61(49,50)57-33-36(32-53-39(46)27-23-15-11-7-3)58-40(47)28-24-21-14-10-6-2/h35-37,39,42,44,46H,5-34,43H2,1-4H3,(H,49,50)(H,51,52)/t35-,36+,37+,39?,42-/m0/s1. The lowest BCUT2D eigenvalue weighted by Crippen LogP contribution is -2.43. The van der Waals surface area contributed by atoms with Crippen LogP contribution in [-0.2, 0) is 60.6 Å². The third-order valence-electron chi connectivity index (χ3n) is 9.63. The predicted molar refractivity (Wildman–Crippen MR) is 233 cm³/mol. The number of hydrogen-bond donors (Lipinski definition) is 5. The predicted octanol–water partition coefficient (Wildman–Crippen LogP) is 8.43. The summed E-state index contributed by atoms with van der Waals surface area (Å²) in [6.45, 7) is 4.81. The molecule has 0 saturated heterocycles. The van der Waals surface area contributed by atoms with Crippen molar-refractivity contribution in [1.29, 1.82) is 0 Å². The third kappa shape index (κ3) is 36.8. The molecule has 0 rings (SSSR count). The Morgan fingerprint density at radius 3 is 1.48 bits per heavy atom. The van der Waals surface area contributed by atoms with Gasteiger partial charge >= 0.3 is 33.6 Å². The number of rotatable bonds is 44. The van der Waals surface area contributed by atoms with E-state index in [9.17, 15) is 43.5 Å². The van der Waals surface area contributed by atoms with E-state index in [2.05, 4.69) is 20.8 Å². The average molecular weight is 936 g/mol. The first-order valence-electron chi connectivity index (χ1n) is 23.1. The molecule has 62 heavy (non-hydrogen) atoms. The maximum Gasteiger partial charge on any atom is 0.473 e. The van der Waals surface area contributed by atoms with Crippen LogP contribution in [0.15, 0.2) is 0 Å². The molecule has 0 aliphatic carbocycles. The fraction of sp³-hybridized carbons (Fsp3) is 0.929. The molecule has 3 unspecified atom stereocenters. The van der Waals surface area contributed by atoms with Crippen molar-refractivity contribution in [1.82, 2.24) is 0 Å². The van der Waals surface area contributed by atoms with Crippen LogP contribution in [0.25, 0.3) is 0 Å². The first-order chi connectivity index (χ1) is 29.6. The summed E-state index contributed by atoms with van der Waals surface area (Å²) in [7, 11) is -9.98. The fourth-order valence-corrected chi connectivity index (χ4v) is 7.56. The molecule has 0 aromatic heterocycles. The van der Waals surface area contributed by atoms with Crippen molar-refractivity contribution in [2.45, 2.75) is 219 Å². The van der Waals surface area contributed by atoms with Crippen LogP contribution in [0, 0.1) is 0 Å². The van der Waals surface area contributed by atoms with Gasteiger partial charge in [0.2, 0.25) is 0 Å². The lowest BCUT2D eigenvalue weighted by molar-refractivity contribution is -0.166. The molecule has 0 fully saturated rings. The van der Waals surface area contributed by atoms with E-state index in [1.165, 1.54) is 32.1 Å². The van der Waals surface area contributed by atoms with Crippen LogP contribution in [0.2, 0.25) is 0 Å². The zero-order valence-electron chi connectivity index (χ0n) is 38.2. The normalized spacial score (nSPS) is 16.1. The highest BCUT2D eigenvalue weighted by Gasteiger charge is 2.34. The van der Waals surface area contributed by atoms with Gasteiger partial charge in [-0.3, -0.25) is 32.5 Å². The molecule has 0 aliphatic heterocycles. The van der Waals surface area contributed by atoms with Gasteiger partial charge in [0.05, 0.1) is 26.4 Å². The van der Waals surface area contributed by atoms with Crippen molar-refractivity contribution in [3.8, 4) is 0 Å². The number of carbonyl (C=O) groups is 3. The average Bonchev–Trinajstić information content (AvgIpc) is 3.23. The van der Waals surface area contributed by atoms with Crippen molar-refractivity contribution in [2.75, 3.05) is 33.0 Å². The number of aliphatic hydroxyl groups excluding tert-OH is 2. The second kappa shape index (κ2) is 38.7. The summed E-state index contributed by atoms with van der Waals surface area (Å²) in [6, 6.07) is 0. The molecule has 0 aromatic rings. The highest BCUT2D eigenvalue weighted by molar-refractivity contribution is 7.47. The van der Waals surface area contributed by atoms with Crippen LogP contribution in [-0.4, -0.2) is 102 Å². The van der Waals surface area contributed by atoms with Gasteiger partial charge in [0.1, 0.15) is 18.8 Å². The van der Waals surface area contributed by atoms with Crippen LogP contribution in [0.4, 0.5) is 0 Å². The number of phosphoric acid groups is 2. The number of ether oxygens (including phenoxy) is 4. The minimum Gasteiger partial charge on any atom is -0.462 e. The lowest BCUT2D eigenvalue weighted by atomic mass is 10.1. The fourth-order valence-electron chi connectivity index (χ4n) is 5.91. The molecule has 0 bridgehead atoms. The van der Waals surface area contributed by atoms with Gasteiger partial charge in [0.25, 0.3) is 0 Å². The molecule has 0 spiro atoms. The van der Waals surface area contributed by atoms with E-state index < -0.39 is 90.8 Å². The van der Waals surface area contributed by atoms with Gasteiger partial charge in [-0.05, 0) is 32.1 Å². The summed E-state index contributed by atoms with van der Waals surface area (Å²) in [6.07, 6.45) is 13.3. The highest BCUT2D eigenvalue weighted by atomic mass is 31.2. The van der Waals surface area contributed by atoms with Crippen LogP contribution < -0.4 is 5.73 Å². The molecular formula is C42H83NO17P2. The number of aliphatic hydroxyl groups is 2. The molecule has 0 heterocycles. The molecule has 0 aliphatic rings. The molecule has 0 saturated carbocycles. The second-order valence-electron chi connectivity index (χ2n) is 15.7. The van der Waals surface area contributed by atoms with Gasteiger partial charge in [-0.2, -0.15) is 0 Å². The van der Waals surface area contributed by atoms with Crippen LogP contribution >= 0.6 is 15.6 Å². The number of hydrogen-bond acceptors (Lipinski definition) is 16. The van der Waals surface area contributed by atoms with E-state index in [0.717, 1.165) is 83.5 Å². The number of unbranched alkanes of at least 4 members (excludes halogenated alkanes) is 17. The minimum atomic E-state index is -5.07. The Kier molecular flexibility index (Phi) is 37.8. The molecule has 7 atom stereocenters. The topological polar surface area (TPSA) is 266 Å². The Bertz CT molecular complexity index is 1230. The van der Waals surface area contributed by atoms with E-state index >= 15 is 0 Å². The van der Waals surface area contributed by atoms with E-state index in [0.29, 0.717) is 25.7 Å². The largest absolute Gasteiger partial charge is 0.473 e. The number of phosphoric ester groups is 2. The smallest absolute Gasteiger partial charge is 0.462 e. The van der Waals surface area contributed by atoms with E-state index in [1.54, 1.807) is 0 Å². The van der Waals surface area contributed by atoms with Crippen molar-refractivity contribution >= 4 is 33.6 Å². The first-order valence-corrected chi connectivity index (χ1v) is 26.1. The highest BCUT2D eigenvalue weighted by Crippen LogP contribution is 2.46. The Labute approximate surface area is 371 Å². The Balaban J connectivity index is 5.13. The molecule has 6 N–H and O–H groups in total. The van der Waals surface area contributed by atoms with Gasteiger partial charge in [-0.15, -0.1) is 0 Å². The van der Waals surface area contributed by atoms with Crippen molar-refractivity contribution < 1.29 is 80.6 Å². The molecule has 20 heteroatoms. The van der Waals surface area contributed by atoms with E-state index in [1.807, 2.05) is 6.92 Å². The van der Waals surface area contributed by atoms with Crippen LogP contribution in [0.3, 0.4) is 0 Å². The van der Waals surface area contributed by atoms with E-state index in [-0.39, 0.29) is 25.9 Å². The monoisotopic (exact) mass is 936 g/mol. The third-order valence-corrected chi connectivity index (χ3v) is 11.6. The van der Waals surface area contributed by atoms with Crippen LogP contribution in [0.5, 0.6) is 0 Å². The molecular weight excluding hydrogens is 852 g/mol. The first kappa shape index (κ1) is 60.5. The van der Waals surface area contributed by atoms with Gasteiger partial charge in [-0.25, -0.2) is 9.13 Å². The van der Waals surface area contributed by atoms with Crippen molar-refractivity contribution in [3.63, 3.8) is 0 Å². The zero-order chi connectivity index (χ0) is 46.5. The molecule has 368 valence electrons. The summed E-state index contributed by atoms with van der Waals surface area (Å²) >= 11 is 0.